The van der Waals surface area contributed by atoms with Gasteiger partial charge in [-0.1, -0.05) is 44.2 Å². The van der Waals surface area contributed by atoms with Crippen molar-refractivity contribution in [2.45, 2.75) is 19.3 Å². The summed E-state index contributed by atoms with van der Waals surface area (Å²) >= 11 is 0. The molecule has 2 N–H and O–H groups in total. The maximum Gasteiger partial charge on any atom is 0.339 e. The first kappa shape index (κ1) is 15.0. The summed E-state index contributed by atoms with van der Waals surface area (Å²) in [7, 11) is 0. The summed E-state index contributed by atoms with van der Waals surface area (Å²) in [6.45, 7) is 4.23. The van der Waals surface area contributed by atoms with Gasteiger partial charge in [0.2, 0.25) is 0 Å². The number of carboxylic acid groups (broad SMARTS) is 1. The van der Waals surface area contributed by atoms with Crippen LogP contribution in [0.3, 0.4) is 0 Å². The van der Waals surface area contributed by atoms with Crippen molar-refractivity contribution in [1.82, 2.24) is 0 Å². The van der Waals surface area contributed by atoms with Crippen molar-refractivity contribution in [1.29, 1.82) is 0 Å². The Kier molecular flexibility index (Phi) is 3.52. The van der Waals surface area contributed by atoms with Gasteiger partial charge in [-0.05, 0) is 35.4 Å². The minimum Gasteiger partial charge on any atom is -0.507 e. The summed E-state index contributed by atoms with van der Waals surface area (Å²) in [5.74, 6) is -1.38. The molecule has 1 aliphatic rings. The van der Waals surface area contributed by atoms with Crippen LogP contribution >= 0.6 is 0 Å². The van der Waals surface area contributed by atoms with Gasteiger partial charge in [0, 0.05) is 5.41 Å². The lowest BCUT2D eigenvalue weighted by atomic mass is 9.81. The second-order valence-corrected chi connectivity index (χ2v) is 6.05. The molecule has 116 valence electrons. The Morgan fingerprint density at radius 1 is 1.13 bits per heavy atom. The maximum absolute atomic E-state index is 11.1. The SMILES string of the molecule is CC1(C)C(/C=C/c2ccc(O)c(C(=O)O)c2)=Nc2ccccc21. The van der Waals surface area contributed by atoms with Crippen LogP contribution in [0.5, 0.6) is 5.75 Å². The first-order valence-corrected chi connectivity index (χ1v) is 7.32. The predicted molar refractivity (Wildman–Crippen MR) is 90.7 cm³/mol. The van der Waals surface area contributed by atoms with Gasteiger partial charge in [0.05, 0.1) is 11.4 Å². The Labute approximate surface area is 134 Å². The highest BCUT2D eigenvalue weighted by Crippen LogP contribution is 2.40. The van der Waals surface area contributed by atoms with E-state index in [4.69, 9.17) is 5.11 Å². The largest absolute Gasteiger partial charge is 0.507 e. The average Bonchev–Trinajstić information content (AvgIpc) is 2.77. The summed E-state index contributed by atoms with van der Waals surface area (Å²) in [5, 5.41) is 18.6. The number of hydrogen-bond acceptors (Lipinski definition) is 3. The van der Waals surface area contributed by atoms with E-state index in [0.717, 1.165) is 11.4 Å². The van der Waals surface area contributed by atoms with Crippen molar-refractivity contribution in [2.24, 2.45) is 4.99 Å². The van der Waals surface area contributed by atoms with E-state index >= 15 is 0 Å². The lowest BCUT2D eigenvalue weighted by Crippen LogP contribution is -2.23. The molecule has 0 aromatic heterocycles. The molecule has 0 amide bonds. The van der Waals surface area contributed by atoms with E-state index in [1.807, 2.05) is 30.4 Å². The Morgan fingerprint density at radius 2 is 1.87 bits per heavy atom. The Balaban J connectivity index is 1.93. The van der Waals surface area contributed by atoms with E-state index in [9.17, 15) is 9.90 Å². The molecule has 0 saturated carbocycles. The fraction of sp³-hybridized carbons (Fsp3) is 0.158. The third-order valence-corrected chi connectivity index (χ3v) is 4.14. The van der Waals surface area contributed by atoms with Gasteiger partial charge in [0.25, 0.3) is 0 Å². The Morgan fingerprint density at radius 3 is 2.57 bits per heavy atom. The summed E-state index contributed by atoms with van der Waals surface area (Å²) < 4.78 is 0. The second kappa shape index (κ2) is 5.39. The summed E-state index contributed by atoms with van der Waals surface area (Å²) in [6.07, 6.45) is 3.72. The minimum absolute atomic E-state index is 0.108. The zero-order valence-corrected chi connectivity index (χ0v) is 12.9. The molecule has 0 fully saturated rings. The van der Waals surface area contributed by atoms with Crippen molar-refractivity contribution in [3.8, 4) is 5.75 Å². The van der Waals surface area contributed by atoms with E-state index in [2.05, 4.69) is 24.9 Å². The van der Waals surface area contributed by atoms with Crippen molar-refractivity contribution in [3.63, 3.8) is 0 Å². The van der Waals surface area contributed by atoms with Crippen LogP contribution in [0.25, 0.3) is 6.08 Å². The molecule has 0 atom stereocenters. The number of benzene rings is 2. The van der Waals surface area contributed by atoms with Crippen LogP contribution in [0.1, 0.15) is 35.3 Å². The quantitative estimate of drug-likeness (QED) is 0.894. The highest BCUT2D eigenvalue weighted by atomic mass is 16.4. The summed E-state index contributed by atoms with van der Waals surface area (Å²) in [4.78, 5) is 15.7. The molecule has 3 rings (SSSR count). The van der Waals surface area contributed by atoms with E-state index in [0.29, 0.717) is 5.56 Å². The Hall–Kier alpha value is -2.88. The number of nitrogens with zero attached hydrogens (tertiary/aromatic N) is 1. The molecule has 0 bridgehead atoms. The number of hydrogen-bond donors (Lipinski definition) is 2. The van der Waals surface area contributed by atoms with Crippen molar-refractivity contribution in [2.75, 3.05) is 0 Å². The molecular weight excluding hydrogens is 290 g/mol. The fourth-order valence-electron chi connectivity index (χ4n) is 2.76. The highest BCUT2D eigenvalue weighted by molar-refractivity contribution is 6.10. The second-order valence-electron chi connectivity index (χ2n) is 6.05. The van der Waals surface area contributed by atoms with Gasteiger partial charge in [-0.25, -0.2) is 4.79 Å². The summed E-state index contributed by atoms with van der Waals surface area (Å²) in [5.41, 5.74) is 3.46. The van der Waals surface area contributed by atoms with Crippen LogP contribution < -0.4 is 0 Å². The van der Waals surface area contributed by atoms with Crippen molar-refractivity contribution >= 4 is 23.4 Å². The number of fused-ring (bicyclic) bond motifs is 1. The number of aromatic hydroxyl groups is 1. The molecule has 1 heterocycles. The lowest BCUT2D eigenvalue weighted by molar-refractivity contribution is 0.0693. The number of phenols is 1. The molecule has 23 heavy (non-hydrogen) atoms. The van der Waals surface area contributed by atoms with Crippen LogP contribution in [-0.4, -0.2) is 21.9 Å². The van der Waals surface area contributed by atoms with Gasteiger partial charge in [-0.2, -0.15) is 0 Å². The Bertz CT molecular complexity index is 847. The van der Waals surface area contributed by atoms with Gasteiger partial charge in [-0.3, -0.25) is 4.99 Å². The van der Waals surface area contributed by atoms with Crippen molar-refractivity contribution in [3.05, 3.63) is 65.2 Å². The number of aliphatic imine (C=N–C) groups is 1. The summed E-state index contributed by atoms with van der Waals surface area (Å²) in [6, 6.07) is 12.5. The molecule has 0 aliphatic carbocycles. The van der Waals surface area contributed by atoms with Gasteiger partial charge in [-0.15, -0.1) is 0 Å². The van der Waals surface area contributed by atoms with Crippen LogP contribution in [-0.2, 0) is 5.41 Å². The van der Waals surface area contributed by atoms with E-state index in [-0.39, 0.29) is 16.7 Å². The standard InChI is InChI=1S/C19H17NO3/c1-19(2)14-5-3-4-6-15(14)20-17(19)10-8-12-7-9-16(21)13(11-12)18(22)23/h3-11,21H,1-2H3,(H,22,23)/b10-8+. The first-order chi connectivity index (χ1) is 10.9. The zero-order chi connectivity index (χ0) is 16.6. The number of rotatable bonds is 3. The molecule has 4 heteroatoms. The van der Waals surface area contributed by atoms with Crippen LogP contribution in [0.2, 0.25) is 0 Å². The molecule has 1 aliphatic heterocycles. The van der Waals surface area contributed by atoms with E-state index < -0.39 is 5.97 Å². The number of aromatic carboxylic acids is 1. The number of carboxylic acids is 1. The lowest BCUT2D eigenvalue weighted by Gasteiger charge is -2.20. The van der Waals surface area contributed by atoms with Crippen LogP contribution in [0, 0.1) is 0 Å². The molecule has 2 aromatic rings. The molecule has 0 spiro atoms. The highest BCUT2D eigenvalue weighted by Gasteiger charge is 2.32. The van der Waals surface area contributed by atoms with Crippen LogP contribution in [0.4, 0.5) is 5.69 Å². The van der Waals surface area contributed by atoms with Gasteiger partial charge >= 0.3 is 5.97 Å². The smallest absolute Gasteiger partial charge is 0.339 e. The third-order valence-electron chi connectivity index (χ3n) is 4.14. The van der Waals surface area contributed by atoms with E-state index in [1.165, 1.54) is 17.7 Å². The molecular formula is C19H17NO3. The molecule has 2 aromatic carbocycles. The minimum atomic E-state index is -1.15. The predicted octanol–water partition coefficient (Wildman–Crippen LogP) is 4.17. The monoisotopic (exact) mass is 307 g/mol. The van der Waals surface area contributed by atoms with Gasteiger partial charge in [0.15, 0.2) is 0 Å². The maximum atomic E-state index is 11.1. The zero-order valence-electron chi connectivity index (χ0n) is 12.9. The molecule has 0 radical (unpaired) electrons. The van der Waals surface area contributed by atoms with Crippen LogP contribution in [0.15, 0.2) is 53.5 Å². The van der Waals surface area contributed by atoms with Gasteiger partial charge < -0.3 is 10.2 Å². The topological polar surface area (TPSA) is 69.9 Å². The van der Waals surface area contributed by atoms with Crippen molar-refractivity contribution < 1.29 is 15.0 Å². The average molecular weight is 307 g/mol. The fourth-order valence-corrected chi connectivity index (χ4v) is 2.76. The number of allylic oxidation sites excluding steroid dienone is 1. The van der Waals surface area contributed by atoms with E-state index in [1.54, 1.807) is 6.07 Å². The normalized spacial score (nSPS) is 15.5. The number of para-hydroxylation sites is 1. The third kappa shape index (κ3) is 2.63. The molecule has 0 unspecified atom stereocenters. The first-order valence-electron chi connectivity index (χ1n) is 7.32. The molecule has 0 saturated heterocycles. The van der Waals surface area contributed by atoms with Gasteiger partial charge in [0.1, 0.15) is 11.3 Å². The molecule has 4 nitrogen and oxygen atoms in total. The number of carbonyl (C=O) groups is 1.